The summed E-state index contributed by atoms with van der Waals surface area (Å²) in [4.78, 5) is -0.0799. The number of rotatable bonds is 4. The highest BCUT2D eigenvalue weighted by Gasteiger charge is 2.23. The number of anilines is 1. The minimum atomic E-state index is -3.90. The Labute approximate surface area is 99.1 Å². The number of halogens is 2. The van der Waals surface area contributed by atoms with Crippen molar-refractivity contribution in [2.45, 2.75) is 18.2 Å². The summed E-state index contributed by atoms with van der Waals surface area (Å²) in [5.74, 6) is 0. The van der Waals surface area contributed by atoms with E-state index in [-0.39, 0.29) is 4.90 Å². The van der Waals surface area contributed by atoms with Crippen LogP contribution < -0.4 is 5.73 Å². The van der Waals surface area contributed by atoms with Crippen LogP contribution in [0.4, 0.5) is 14.5 Å². The van der Waals surface area contributed by atoms with Crippen molar-refractivity contribution >= 4 is 15.7 Å². The maximum Gasteiger partial charge on any atom is 0.252 e. The lowest BCUT2D eigenvalue weighted by atomic mass is 10.2. The fraction of sp³-hybridized carbons (Fsp3) is 0.400. The summed E-state index contributed by atoms with van der Waals surface area (Å²) in [5.41, 5.74) is 6.64. The van der Waals surface area contributed by atoms with Crippen LogP contribution >= 0.6 is 0 Å². The predicted molar refractivity (Wildman–Crippen MR) is 61.4 cm³/mol. The van der Waals surface area contributed by atoms with Crippen molar-refractivity contribution in [1.82, 2.24) is 4.31 Å². The van der Waals surface area contributed by atoms with Gasteiger partial charge in [0.1, 0.15) is 0 Å². The quantitative estimate of drug-likeness (QED) is 0.837. The van der Waals surface area contributed by atoms with E-state index in [0.717, 1.165) is 12.6 Å². The van der Waals surface area contributed by atoms with E-state index in [4.69, 9.17) is 5.73 Å². The van der Waals surface area contributed by atoms with E-state index in [1.165, 1.54) is 12.1 Å². The largest absolute Gasteiger partial charge is 0.398 e. The zero-order chi connectivity index (χ0) is 13.2. The normalized spacial score (nSPS) is 12.4. The van der Waals surface area contributed by atoms with E-state index >= 15 is 0 Å². The lowest BCUT2D eigenvalue weighted by Gasteiger charge is -2.17. The fourth-order valence-corrected chi connectivity index (χ4v) is 2.44. The highest BCUT2D eigenvalue weighted by Crippen LogP contribution is 2.20. The van der Waals surface area contributed by atoms with E-state index in [9.17, 15) is 17.2 Å². The van der Waals surface area contributed by atoms with Gasteiger partial charge in [-0.15, -0.1) is 0 Å². The molecule has 0 radical (unpaired) electrons. The first-order valence-corrected chi connectivity index (χ1v) is 6.29. The molecule has 7 heteroatoms. The lowest BCUT2D eigenvalue weighted by molar-refractivity contribution is 0.126. The molecule has 0 atom stereocenters. The molecule has 0 aromatic heterocycles. The molecule has 1 aromatic rings. The topological polar surface area (TPSA) is 63.4 Å². The summed E-state index contributed by atoms with van der Waals surface area (Å²) in [6, 6.07) is 4.16. The van der Waals surface area contributed by atoms with Gasteiger partial charge in [0.25, 0.3) is 6.43 Å². The number of nitrogens with two attached hydrogens (primary N) is 1. The van der Waals surface area contributed by atoms with Crippen molar-refractivity contribution in [1.29, 1.82) is 0 Å². The molecule has 4 nitrogen and oxygen atoms in total. The molecule has 96 valence electrons. The third-order valence-electron chi connectivity index (χ3n) is 2.35. The fourth-order valence-electron chi connectivity index (χ4n) is 1.25. The molecular formula is C10H14F2N2O2S. The Kier molecular flexibility index (Phi) is 4.05. The maximum absolute atomic E-state index is 12.1. The van der Waals surface area contributed by atoms with Crippen molar-refractivity contribution in [3.63, 3.8) is 0 Å². The standard InChI is InChI=1S/C10H14F2N2O2S/c1-7-3-4-8(5-9(7)13)17(15,16)14(2)6-10(11)12/h3-5,10H,6,13H2,1-2H3. The zero-order valence-corrected chi connectivity index (χ0v) is 10.3. The van der Waals surface area contributed by atoms with Gasteiger partial charge in [0, 0.05) is 12.7 Å². The second kappa shape index (κ2) is 4.97. The van der Waals surface area contributed by atoms with Crippen molar-refractivity contribution in [3.8, 4) is 0 Å². The number of sulfonamides is 1. The van der Waals surface area contributed by atoms with Crippen LogP contribution in [0.15, 0.2) is 23.1 Å². The van der Waals surface area contributed by atoms with Gasteiger partial charge < -0.3 is 5.73 Å². The summed E-state index contributed by atoms with van der Waals surface area (Å²) in [7, 11) is -2.79. The Morgan fingerprint density at radius 1 is 1.41 bits per heavy atom. The minimum Gasteiger partial charge on any atom is -0.398 e. The first-order chi connectivity index (χ1) is 7.75. The molecule has 0 unspecified atom stereocenters. The number of hydrogen-bond donors (Lipinski definition) is 1. The van der Waals surface area contributed by atoms with Crippen molar-refractivity contribution in [3.05, 3.63) is 23.8 Å². The van der Waals surface area contributed by atoms with Crippen LogP contribution in [-0.2, 0) is 10.0 Å². The highest BCUT2D eigenvalue weighted by atomic mass is 32.2. The molecule has 0 aliphatic rings. The van der Waals surface area contributed by atoms with Crippen molar-refractivity contribution in [2.24, 2.45) is 0 Å². The van der Waals surface area contributed by atoms with E-state index in [1.807, 2.05) is 0 Å². The van der Waals surface area contributed by atoms with Crippen LogP contribution in [0.25, 0.3) is 0 Å². The number of benzene rings is 1. The number of alkyl halides is 2. The molecule has 1 rings (SSSR count). The van der Waals surface area contributed by atoms with Gasteiger partial charge in [0.2, 0.25) is 10.0 Å². The number of nitrogen functional groups attached to an aromatic ring is 1. The van der Waals surface area contributed by atoms with Gasteiger partial charge in [0.05, 0.1) is 11.4 Å². The molecule has 0 aliphatic heterocycles. The molecule has 0 bridgehead atoms. The van der Waals surface area contributed by atoms with Crippen LogP contribution in [-0.4, -0.2) is 32.7 Å². The molecule has 0 saturated heterocycles. The van der Waals surface area contributed by atoms with Crippen LogP contribution in [0, 0.1) is 6.92 Å². The van der Waals surface area contributed by atoms with Crippen LogP contribution in [0.3, 0.4) is 0 Å². The molecule has 0 amide bonds. The van der Waals surface area contributed by atoms with E-state index < -0.39 is 23.0 Å². The van der Waals surface area contributed by atoms with Crippen LogP contribution in [0.5, 0.6) is 0 Å². The first-order valence-electron chi connectivity index (χ1n) is 4.85. The zero-order valence-electron chi connectivity index (χ0n) is 9.52. The van der Waals surface area contributed by atoms with Gasteiger partial charge in [-0.05, 0) is 24.6 Å². The molecular weight excluding hydrogens is 250 g/mol. The maximum atomic E-state index is 12.1. The Bertz CT molecular complexity index is 503. The first kappa shape index (κ1) is 13.9. The monoisotopic (exact) mass is 264 g/mol. The number of aryl methyl sites for hydroxylation is 1. The van der Waals surface area contributed by atoms with Gasteiger partial charge in [-0.1, -0.05) is 6.07 Å². The summed E-state index contributed by atoms with van der Waals surface area (Å²) in [6.07, 6.45) is -2.71. The lowest BCUT2D eigenvalue weighted by Crippen LogP contribution is -2.31. The molecule has 0 aliphatic carbocycles. The van der Waals surface area contributed by atoms with Crippen LogP contribution in [0.2, 0.25) is 0 Å². The average molecular weight is 264 g/mol. The summed E-state index contributed by atoms with van der Waals surface area (Å²) < 4.78 is 48.6. The Hall–Kier alpha value is -1.21. The smallest absolute Gasteiger partial charge is 0.252 e. The molecule has 0 saturated carbocycles. The van der Waals surface area contributed by atoms with Gasteiger partial charge in [0.15, 0.2) is 0 Å². The highest BCUT2D eigenvalue weighted by molar-refractivity contribution is 7.89. The van der Waals surface area contributed by atoms with Crippen molar-refractivity contribution in [2.75, 3.05) is 19.3 Å². The van der Waals surface area contributed by atoms with Crippen LogP contribution in [0.1, 0.15) is 5.56 Å². The van der Waals surface area contributed by atoms with Gasteiger partial charge in [-0.2, -0.15) is 4.31 Å². The van der Waals surface area contributed by atoms with Gasteiger partial charge in [-0.3, -0.25) is 0 Å². The second-order valence-electron chi connectivity index (χ2n) is 3.70. The molecule has 17 heavy (non-hydrogen) atoms. The van der Waals surface area contributed by atoms with Crippen molar-refractivity contribution < 1.29 is 17.2 Å². The van der Waals surface area contributed by atoms with Gasteiger partial charge in [-0.25, -0.2) is 17.2 Å². The third-order valence-corrected chi connectivity index (χ3v) is 4.17. The van der Waals surface area contributed by atoms with E-state index in [2.05, 4.69) is 0 Å². The number of hydrogen-bond acceptors (Lipinski definition) is 3. The second-order valence-corrected chi connectivity index (χ2v) is 5.74. The Morgan fingerprint density at radius 3 is 2.47 bits per heavy atom. The minimum absolute atomic E-state index is 0.0799. The molecule has 2 N–H and O–H groups in total. The SMILES string of the molecule is Cc1ccc(S(=O)(=O)N(C)CC(F)F)cc1N. The summed E-state index contributed by atoms with van der Waals surface area (Å²) in [6.45, 7) is 0.894. The van der Waals surface area contributed by atoms with Gasteiger partial charge >= 0.3 is 0 Å². The van der Waals surface area contributed by atoms with E-state index in [0.29, 0.717) is 9.99 Å². The van der Waals surface area contributed by atoms with E-state index in [1.54, 1.807) is 13.0 Å². The third kappa shape index (κ3) is 3.13. The number of nitrogens with zero attached hydrogens (tertiary/aromatic N) is 1. The molecule has 0 heterocycles. The predicted octanol–water partition coefficient (Wildman–Crippen LogP) is 1.46. The Morgan fingerprint density at radius 2 is 2.00 bits per heavy atom. The molecule has 0 fully saturated rings. The summed E-state index contributed by atoms with van der Waals surface area (Å²) in [5, 5.41) is 0. The molecule has 1 aromatic carbocycles. The Balaban J connectivity index is 3.09. The molecule has 0 spiro atoms. The summed E-state index contributed by atoms with van der Waals surface area (Å²) >= 11 is 0. The average Bonchev–Trinajstić information content (AvgIpc) is 2.20.